The van der Waals surface area contributed by atoms with Crippen LogP contribution in [0.1, 0.15) is 48.9 Å². The fraction of sp³-hybridized carbons (Fsp3) is 0.600. The van der Waals surface area contributed by atoms with E-state index in [9.17, 15) is 14.0 Å². The van der Waals surface area contributed by atoms with E-state index in [0.29, 0.717) is 44.7 Å². The van der Waals surface area contributed by atoms with Crippen molar-refractivity contribution in [2.75, 3.05) is 32.7 Å². The van der Waals surface area contributed by atoms with Crippen molar-refractivity contribution in [2.45, 2.75) is 38.5 Å². The molecule has 0 radical (unpaired) electrons. The molecule has 2 amide bonds. The quantitative estimate of drug-likeness (QED) is 0.849. The summed E-state index contributed by atoms with van der Waals surface area (Å²) in [5.74, 6) is -0.303. The molecule has 1 heterocycles. The second kappa shape index (κ2) is 9.51. The summed E-state index contributed by atoms with van der Waals surface area (Å²) in [6, 6.07) is 5.60. The van der Waals surface area contributed by atoms with E-state index in [2.05, 4.69) is 0 Å². The van der Waals surface area contributed by atoms with Gasteiger partial charge in [0.15, 0.2) is 0 Å². The van der Waals surface area contributed by atoms with Crippen molar-refractivity contribution in [3.8, 4) is 0 Å². The monoisotopic (exact) mass is 397 g/mol. The molecular formula is C20H29ClFN3O2. The van der Waals surface area contributed by atoms with Gasteiger partial charge in [-0.3, -0.25) is 9.59 Å². The van der Waals surface area contributed by atoms with Crippen LogP contribution in [-0.2, 0) is 4.79 Å². The average Bonchev–Trinajstić information content (AvgIpc) is 2.69. The number of halogens is 2. The molecule has 1 aromatic rings. The number of hydrogen-bond acceptors (Lipinski definition) is 3. The number of benzene rings is 1. The molecular weight excluding hydrogens is 369 g/mol. The highest BCUT2D eigenvalue weighted by molar-refractivity contribution is 5.94. The van der Waals surface area contributed by atoms with Crippen LogP contribution >= 0.6 is 12.4 Å². The summed E-state index contributed by atoms with van der Waals surface area (Å²) in [6.45, 7) is 2.69. The zero-order valence-electron chi connectivity index (χ0n) is 15.7. The van der Waals surface area contributed by atoms with E-state index in [0.717, 1.165) is 25.7 Å². The smallest absolute Gasteiger partial charge is 0.253 e. The number of carbonyl (C=O) groups is 2. The molecule has 1 aliphatic heterocycles. The van der Waals surface area contributed by atoms with Crippen molar-refractivity contribution < 1.29 is 14.0 Å². The summed E-state index contributed by atoms with van der Waals surface area (Å²) < 4.78 is 13.0. The number of piperazine rings is 1. The van der Waals surface area contributed by atoms with Crippen LogP contribution in [0.3, 0.4) is 0 Å². The van der Waals surface area contributed by atoms with E-state index < -0.39 is 0 Å². The maximum atomic E-state index is 13.0. The Morgan fingerprint density at radius 2 is 1.52 bits per heavy atom. The summed E-state index contributed by atoms with van der Waals surface area (Å²) >= 11 is 0. The Hall–Kier alpha value is -1.66. The predicted molar refractivity (Wildman–Crippen MR) is 105 cm³/mol. The van der Waals surface area contributed by atoms with E-state index in [1.807, 2.05) is 4.90 Å². The highest BCUT2D eigenvalue weighted by Crippen LogP contribution is 2.38. The van der Waals surface area contributed by atoms with Crippen LogP contribution in [0, 0.1) is 11.2 Å². The molecule has 2 aliphatic rings. The van der Waals surface area contributed by atoms with Gasteiger partial charge in [-0.05, 0) is 49.1 Å². The summed E-state index contributed by atoms with van der Waals surface area (Å²) in [4.78, 5) is 28.8. The van der Waals surface area contributed by atoms with Gasteiger partial charge in [-0.1, -0.05) is 19.3 Å². The minimum Gasteiger partial charge on any atom is -0.339 e. The first-order valence-corrected chi connectivity index (χ1v) is 9.56. The van der Waals surface area contributed by atoms with Gasteiger partial charge in [0.2, 0.25) is 5.91 Å². The summed E-state index contributed by atoms with van der Waals surface area (Å²) in [7, 11) is 0. The van der Waals surface area contributed by atoms with E-state index in [1.165, 1.54) is 30.7 Å². The molecule has 2 fully saturated rings. The van der Waals surface area contributed by atoms with Gasteiger partial charge in [-0.2, -0.15) is 0 Å². The van der Waals surface area contributed by atoms with Crippen LogP contribution in [0.4, 0.5) is 4.39 Å². The third-order valence-corrected chi connectivity index (χ3v) is 5.88. The van der Waals surface area contributed by atoms with Crippen LogP contribution in [0.15, 0.2) is 24.3 Å². The van der Waals surface area contributed by atoms with Gasteiger partial charge in [0.25, 0.3) is 5.91 Å². The first kappa shape index (κ1) is 21.6. The SMILES string of the molecule is Cl.NCC1(CC(=O)N2CCN(C(=O)c3ccc(F)cc3)CC2)CCCCC1. The highest BCUT2D eigenvalue weighted by Gasteiger charge is 2.35. The van der Waals surface area contributed by atoms with Crippen LogP contribution in [-0.4, -0.2) is 54.3 Å². The molecule has 150 valence electrons. The van der Waals surface area contributed by atoms with Crippen molar-refractivity contribution in [1.82, 2.24) is 9.80 Å². The fourth-order valence-corrected chi connectivity index (χ4v) is 4.12. The molecule has 27 heavy (non-hydrogen) atoms. The summed E-state index contributed by atoms with van der Waals surface area (Å²) in [6.07, 6.45) is 6.15. The largest absolute Gasteiger partial charge is 0.339 e. The number of hydrogen-bond donors (Lipinski definition) is 1. The topological polar surface area (TPSA) is 66.6 Å². The minimum atomic E-state index is -0.353. The highest BCUT2D eigenvalue weighted by atomic mass is 35.5. The maximum Gasteiger partial charge on any atom is 0.253 e. The molecule has 7 heteroatoms. The Morgan fingerprint density at radius 1 is 0.963 bits per heavy atom. The van der Waals surface area contributed by atoms with Crippen LogP contribution in [0.25, 0.3) is 0 Å². The van der Waals surface area contributed by atoms with E-state index in [-0.39, 0.29) is 35.5 Å². The van der Waals surface area contributed by atoms with Crippen LogP contribution in [0.5, 0.6) is 0 Å². The van der Waals surface area contributed by atoms with E-state index >= 15 is 0 Å². The van der Waals surface area contributed by atoms with Crippen molar-refractivity contribution >= 4 is 24.2 Å². The Kier molecular flexibility index (Phi) is 7.62. The van der Waals surface area contributed by atoms with Crippen LogP contribution in [0.2, 0.25) is 0 Å². The Balaban J connectivity index is 0.00000261. The lowest BCUT2D eigenvalue weighted by atomic mass is 9.71. The predicted octanol–water partition coefficient (Wildman–Crippen LogP) is 2.83. The van der Waals surface area contributed by atoms with Gasteiger partial charge < -0.3 is 15.5 Å². The van der Waals surface area contributed by atoms with Gasteiger partial charge in [0.05, 0.1) is 0 Å². The third kappa shape index (κ3) is 5.20. The first-order chi connectivity index (χ1) is 12.5. The molecule has 0 spiro atoms. The maximum absolute atomic E-state index is 13.0. The molecule has 0 atom stereocenters. The second-order valence-electron chi connectivity index (χ2n) is 7.62. The summed E-state index contributed by atoms with van der Waals surface area (Å²) in [5.41, 5.74) is 6.45. The van der Waals surface area contributed by atoms with E-state index in [1.54, 1.807) is 4.90 Å². The molecule has 2 N–H and O–H groups in total. The standard InChI is InChI=1S/C20H28FN3O2.ClH/c21-17-6-4-16(5-7-17)19(26)24-12-10-23(11-13-24)18(25)14-20(15-22)8-2-1-3-9-20;/h4-7H,1-3,8-15,22H2;1H. The average molecular weight is 398 g/mol. The van der Waals surface area contributed by atoms with Gasteiger partial charge >= 0.3 is 0 Å². The molecule has 1 saturated carbocycles. The number of amides is 2. The van der Waals surface area contributed by atoms with Crippen LogP contribution < -0.4 is 5.73 Å². The molecule has 0 unspecified atom stereocenters. The van der Waals surface area contributed by atoms with Crippen molar-refractivity contribution in [1.29, 1.82) is 0 Å². The zero-order valence-corrected chi connectivity index (χ0v) is 16.5. The van der Waals surface area contributed by atoms with Crippen molar-refractivity contribution in [3.63, 3.8) is 0 Å². The normalized spacial score (nSPS) is 19.3. The minimum absolute atomic E-state index is 0. The molecule has 3 rings (SSSR count). The Bertz CT molecular complexity index is 639. The molecule has 1 saturated heterocycles. The van der Waals surface area contributed by atoms with Crippen molar-refractivity contribution in [3.05, 3.63) is 35.6 Å². The number of rotatable bonds is 4. The number of nitrogens with two attached hydrogens (primary N) is 1. The first-order valence-electron chi connectivity index (χ1n) is 9.56. The molecule has 0 bridgehead atoms. The molecule has 1 aliphatic carbocycles. The van der Waals surface area contributed by atoms with E-state index in [4.69, 9.17) is 5.73 Å². The lowest BCUT2D eigenvalue weighted by Gasteiger charge is -2.39. The van der Waals surface area contributed by atoms with Gasteiger partial charge in [0, 0.05) is 38.2 Å². The zero-order chi connectivity index (χ0) is 18.6. The second-order valence-corrected chi connectivity index (χ2v) is 7.62. The number of nitrogens with zero attached hydrogens (tertiary/aromatic N) is 2. The third-order valence-electron chi connectivity index (χ3n) is 5.88. The van der Waals surface area contributed by atoms with Gasteiger partial charge in [0.1, 0.15) is 5.82 Å². The van der Waals surface area contributed by atoms with Gasteiger partial charge in [-0.15, -0.1) is 12.4 Å². The van der Waals surface area contributed by atoms with Crippen molar-refractivity contribution in [2.24, 2.45) is 11.1 Å². The molecule has 1 aromatic carbocycles. The summed E-state index contributed by atoms with van der Waals surface area (Å²) in [5, 5.41) is 0. The lowest BCUT2D eigenvalue weighted by molar-refractivity contribution is -0.135. The fourth-order valence-electron chi connectivity index (χ4n) is 4.12. The Labute approximate surface area is 166 Å². The number of carbonyl (C=O) groups excluding carboxylic acids is 2. The lowest BCUT2D eigenvalue weighted by Crippen LogP contribution is -2.51. The molecule has 0 aromatic heterocycles. The Morgan fingerprint density at radius 3 is 2.07 bits per heavy atom. The van der Waals surface area contributed by atoms with Gasteiger partial charge in [-0.25, -0.2) is 4.39 Å². The molecule has 5 nitrogen and oxygen atoms in total.